The summed E-state index contributed by atoms with van der Waals surface area (Å²) in [6.45, 7) is 6.05. The Morgan fingerprint density at radius 1 is 1.21 bits per heavy atom. The van der Waals surface area contributed by atoms with E-state index in [4.69, 9.17) is 9.15 Å². The summed E-state index contributed by atoms with van der Waals surface area (Å²) in [5.74, 6) is 1.03. The van der Waals surface area contributed by atoms with Crippen molar-refractivity contribution in [2.45, 2.75) is 39.0 Å². The maximum absolute atomic E-state index is 12.3. The highest BCUT2D eigenvalue weighted by Crippen LogP contribution is 2.28. The quantitative estimate of drug-likeness (QED) is 0.777. The summed E-state index contributed by atoms with van der Waals surface area (Å²) < 4.78 is 11.2. The van der Waals surface area contributed by atoms with Crippen molar-refractivity contribution in [3.8, 4) is 0 Å². The van der Waals surface area contributed by atoms with Gasteiger partial charge in [-0.1, -0.05) is 25.1 Å². The number of ether oxygens (including phenoxy) is 1. The molecule has 0 radical (unpaired) electrons. The number of piperidine rings is 1. The van der Waals surface area contributed by atoms with Crippen LogP contribution in [0.15, 0.2) is 53.1 Å². The van der Waals surface area contributed by atoms with Crippen molar-refractivity contribution in [2.24, 2.45) is 5.92 Å². The minimum absolute atomic E-state index is 0. The fourth-order valence-corrected chi connectivity index (χ4v) is 3.17. The number of halogens is 1. The van der Waals surface area contributed by atoms with E-state index in [1.807, 2.05) is 30.3 Å². The van der Waals surface area contributed by atoms with Gasteiger partial charge in [-0.05, 0) is 37.6 Å². The lowest BCUT2D eigenvalue weighted by atomic mass is 9.89. The number of rotatable bonds is 4. The molecule has 1 fully saturated rings. The number of benzene rings is 1. The number of hydrogen-bond donors (Lipinski definition) is 0. The fourth-order valence-electron chi connectivity index (χ4n) is 3.17. The first kappa shape index (κ1) is 18.6. The topological polar surface area (TPSA) is 42.7 Å². The van der Waals surface area contributed by atoms with Gasteiger partial charge in [0.15, 0.2) is 0 Å². The van der Waals surface area contributed by atoms with Crippen LogP contribution in [-0.2, 0) is 11.3 Å². The molecule has 3 rings (SSSR count). The number of carbonyl (C=O) groups excluding carboxylic acids is 1. The molecule has 1 aliphatic rings. The van der Waals surface area contributed by atoms with Crippen molar-refractivity contribution in [1.82, 2.24) is 4.90 Å². The van der Waals surface area contributed by atoms with Gasteiger partial charge < -0.3 is 9.15 Å². The largest absolute Gasteiger partial charge is 0.468 e. The first-order chi connectivity index (χ1) is 11.1. The Bertz CT molecular complexity index is 629. The van der Waals surface area contributed by atoms with Crippen molar-refractivity contribution < 1.29 is 13.9 Å². The van der Waals surface area contributed by atoms with Crippen LogP contribution in [0.5, 0.6) is 0 Å². The predicted octanol–water partition coefficient (Wildman–Crippen LogP) is 4.16. The van der Waals surface area contributed by atoms with Crippen LogP contribution in [0.2, 0.25) is 0 Å². The minimum atomic E-state index is -0.228. The lowest BCUT2D eigenvalue weighted by Gasteiger charge is -2.41. The molecule has 0 aliphatic carbocycles. The van der Waals surface area contributed by atoms with Crippen molar-refractivity contribution >= 4 is 18.4 Å². The second-order valence-electron chi connectivity index (χ2n) is 6.25. The summed E-state index contributed by atoms with van der Waals surface area (Å²) in [4.78, 5) is 14.6. The first-order valence-corrected chi connectivity index (χ1v) is 8.17. The Kier molecular flexibility index (Phi) is 6.46. The second-order valence-corrected chi connectivity index (χ2v) is 6.25. The van der Waals surface area contributed by atoms with Gasteiger partial charge in [0, 0.05) is 18.5 Å². The zero-order valence-electron chi connectivity index (χ0n) is 14.1. The normalized spacial score (nSPS) is 24.2. The Labute approximate surface area is 149 Å². The third-order valence-electron chi connectivity index (χ3n) is 4.83. The van der Waals surface area contributed by atoms with E-state index in [2.05, 4.69) is 18.7 Å². The minimum Gasteiger partial charge on any atom is -0.468 e. The summed E-state index contributed by atoms with van der Waals surface area (Å²) in [7, 11) is 0. The average molecular weight is 350 g/mol. The highest BCUT2D eigenvalue weighted by Gasteiger charge is 2.35. The highest BCUT2D eigenvalue weighted by molar-refractivity contribution is 5.89. The average Bonchev–Trinajstić information content (AvgIpc) is 3.08. The molecule has 3 unspecified atom stereocenters. The van der Waals surface area contributed by atoms with E-state index in [0.717, 1.165) is 25.3 Å². The van der Waals surface area contributed by atoms with Gasteiger partial charge in [0.2, 0.25) is 0 Å². The van der Waals surface area contributed by atoms with Gasteiger partial charge >= 0.3 is 5.97 Å². The molecule has 0 spiro atoms. The van der Waals surface area contributed by atoms with Crippen LogP contribution in [0.3, 0.4) is 0 Å². The molecule has 2 heterocycles. The van der Waals surface area contributed by atoms with Gasteiger partial charge in [-0.3, -0.25) is 4.90 Å². The second kappa shape index (κ2) is 8.36. The number of carbonyl (C=O) groups is 1. The molecule has 1 aliphatic heterocycles. The van der Waals surface area contributed by atoms with Gasteiger partial charge in [-0.25, -0.2) is 4.79 Å². The van der Waals surface area contributed by atoms with E-state index in [0.29, 0.717) is 11.6 Å². The third kappa shape index (κ3) is 4.19. The number of hydrogen-bond acceptors (Lipinski definition) is 4. The van der Waals surface area contributed by atoms with E-state index >= 15 is 0 Å². The van der Waals surface area contributed by atoms with Crippen LogP contribution in [0.25, 0.3) is 0 Å². The molecular weight excluding hydrogens is 326 g/mol. The van der Waals surface area contributed by atoms with Gasteiger partial charge in [-0.15, -0.1) is 12.4 Å². The van der Waals surface area contributed by atoms with Crippen molar-refractivity contribution in [3.63, 3.8) is 0 Å². The molecule has 130 valence electrons. The molecule has 1 aromatic carbocycles. The van der Waals surface area contributed by atoms with Crippen molar-refractivity contribution in [1.29, 1.82) is 0 Å². The molecule has 0 bridgehead atoms. The molecular formula is C19H24ClNO3. The molecule has 1 saturated heterocycles. The summed E-state index contributed by atoms with van der Waals surface area (Å²) in [6, 6.07) is 13.4. The maximum atomic E-state index is 12.3. The molecule has 2 aromatic rings. The zero-order chi connectivity index (χ0) is 16.2. The van der Waals surface area contributed by atoms with Crippen molar-refractivity contribution in [2.75, 3.05) is 6.54 Å². The zero-order valence-corrected chi connectivity index (χ0v) is 14.9. The summed E-state index contributed by atoms with van der Waals surface area (Å²) in [5.41, 5.74) is 0.616. The predicted molar refractivity (Wildman–Crippen MR) is 95.3 cm³/mol. The van der Waals surface area contributed by atoms with Crippen LogP contribution in [-0.4, -0.2) is 29.6 Å². The SMILES string of the molecule is CC1C(OC(=O)c2ccccc2)CCN(Cc2ccco2)C1C.Cl. The van der Waals surface area contributed by atoms with Crippen molar-refractivity contribution in [3.05, 3.63) is 60.1 Å². The van der Waals surface area contributed by atoms with E-state index in [9.17, 15) is 4.79 Å². The van der Waals surface area contributed by atoms with Crippen LogP contribution >= 0.6 is 12.4 Å². The lowest BCUT2D eigenvalue weighted by molar-refractivity contribution is -0.0335. The molecule has 4 nitrogen and oxygen atoms in total. The highest BCUT2D eigenvalue weighted by atomic mass is 35.5. The van der Waals surface area contributed by atoms with E-state index < -0.39 is 0 Å². The number of likely N-dealkylation sites (tertiary alicyclic amines) is 1. The standard InChI is InChI=1S/C19H23NO3.ClH/c1-14-15(2)20(13-17-9-6-12-22-17)11-10-18(14)23-19(21)16-7-4-3-5-8-16;/h3-9,12,14-15,18H,10-11,13H2,1-2H3;1H. The lowest BCUT2D eigenvalue weighted by Crippen LogP contribution is -2.49. The molecule has 5 heteroatoms. The smallest absolute Gasteiger partial charge is 0.338 e. The molecule has 3 atom stereocenters. The van der Waals surface area contributed by atoms with E-state index in [-0.39, 0.29) is 30.4 Å². The molecule has 0 amide bonds. The van der Waals surface area contributed by atoms with Gasteiger partial charge in [0.25, 0.3) is 0 Å². The number of furan rings is 1. The summed E-state index contributed by atoms with van der Waals surface area (Å²) >= 11 is 0. The Hall–Kier alpha value is -1.78. The Morgan fingerprint density at radius 3 is 2.62 bits per heavy atom. The number of nitrogens with zero attached hydrogens (tertiary/aromatic N) is 1. The monoisotopic (exact) mass is 349 g/mol. The molecule has 24 heavy (non-hydrogen) atoms. The molecule has 1 aromatic heterocycles. The van der Waals surface area contributed by atoms with Gasteiger partial charge in [-0.2, -0.15) is 0 Å². The van der Waals surface area contributed by atoms with Gasteiger partial charge in [0.1, 0.15) is 11.9 Å². The van der Waals surface area contributed by atoms with Crippen LogP contribution in [0.4, 0.5) is 0 Å². The van der Waals surface area contributed by atoms with Crippen LogP contribution in [0, 0.1) is 5.92 Å². The van der Waals surface area contributed by atoms with Crippen LogP contribution in [0.1, 0.15) is 36.4 Å². The first-order valence-electron chi connectivity index (χ1n) is 8.17. The molecule has 0 saturated carbocycles. The number of esters is 1. The molecule has 0 N–H and O–H groups in total. The van der Waals surface area contributed by atoms with Gasteiger partial charge in [0.05, 0.1) is 18.4 Å². The summed E-state index contributed by atoms with van der Waals surface area (Å²) in [5, 5.41) is 0. The van der Waals surface area contributed by atoms with E-state index in [1.165, 1.54) is 0 Å². The van der Waals surface area contributed by atoms with Crippen LogP contribution < -0.4 is 0 Å². The summed E-state index contributed by atoms with van der Waals surface area (Å²) in [6.07, 6.45) is 2.52. The maximum Gasteiger partial charge on any atom is 0.338 e. The van der Waals surface area contributed by atoms with E-state index in [1.54, 1.807) is 18.4 Å². The Morgan fingerprint density at radius 2 is 1.96 bits per heavy atom. The Balaban J connectivity index is 0.00000208. The fraction of sp³-hybridized carbons (Fsp3) is 0.421. The third-order valence-corrected chi connectivity index (χ3v) is 4.83.